The number of aliphatic hydroxyl groups excluding tert-OH is 1. The van der Waals surface area contributed by atoms with Crippen molar-refractivity contribution < 1.29 is 19.8 Å². The van der Waals surface area contributed by atoms with Gasteiger partial charge >= 0.3 is 5.97 Å². The van der Waals surface area contributed by atoms with E-state index < -0.39 is 11.4 Å². The molecule has 4 aliphatic carbocycles. The molecular formula is C20H30O4. The van der Waals surface area contributed by atoms with Crippen LogP contribution in [0.4, 0.5) is 0 Å². The van der Waals surface area contributed by atoms with Gasteiger partial charge in [-0.15, -0.1) is 0 Å². The first kappa shape index (κ1) is 16.6. The lowest BCUT2D eigenvalue weighted by atomic mass is 9.41. The smallest absolute Gasteiger partial charge is 0.306 e. The van der Waals surface area contributed by atoms with Crippen LogP contribution in [0.5, 0.6) is 0 Å². The third-order valence-electron chi connectivity index (χ3n) is 8.89. The molecule has 0 radical (unpaired) electrons. The van der Waals surface area contributed by atoms with Gasteiger partial charge in [0.1, 0.15) is 5.78 Å². The van der Waals surface area contributed by atoms with Crippen molar-refractivity contribution >= 4 is 11.8 Å². The molecule has 4 aliphatic rings. The van der Waals surface area contributed by atoms with E-state index >= 15 is 0 Å². The summed E-state index contributed by atoms with van der Waals surface area (Å²) >= 11 is 0. The quantitative estimate of drug-likeness (QED) is 0.813. The zero-order chi connectivity index (χ0) is 17.3. The van der Waals surface area contributed by atoms with Gasteiger partial charge in [-0.25, -0.2) is 0 Å². The minimum atomic E-state index is -0.608. The van der Waals surface area contributed by atoms with Gasteiger partial charge in [-0.1, -0.05) is 13.8 Å². The van der Waals surface area contributed by atoms with Gasteiger partial charge in [0.2, 0.25) is 0 Å². The Morgan fingerprint density at radius 2 is 1.88 bits per heavy atom. The zero-order valence-corrected chi connectivity index (χ0v) is 14.9. The number of aliphatic hydroxyl groups is 1. The highest BCUT2D eigenvalue weighted by Crippen LogP contribution is 2.71. The highest BCUT2D eigenvalue weighted by Gasteiger charge is 2.66. The third kappa shape index (κ3) is 1.89. The summed E-state index contributed by atoms with van der Waals surface area (Å²) in [5, 5.41) is 19.6. The lowest BCUT2D eigenvalue weighted by Gasteiger charge is -2.63. The molecule has 0 aromatic rings. The molecule has 2 bridgehead atoms. The van der Waals surface area contributed by atoms with Gasteiger partial charge in [-0.05, 0) is 73.5 Å². The minimum Gasteiger partial charge on any atom is -0.481 e. The zero-order valence-electron chi connectivity index (χ0n) is 14.9. The Balaban J connectivity index is 1.71. The number of carboxylic acid groups (broad SMARTS) is 1. The highest BCUT2D eigenvalue weighted by molar-refractivity contribution is 5.86. The van der Waals surface area contributed by atoms with E-state index in [4.69, 9.17) is 0 Å². The normalized spacial score (nSPS) is 53.4. The molecule has 4 fully saturated rings. The van der Waals surface area contributed by atoms with Crippen molar-refractivity contribution in [3.05, 3.63) is 0 Å². The van der Waals surface area contributed by atoms with Gasteiger partial charge in [0, 0.05) is 6.42 Å². The molecular weight excluding hydrogens is 304 g/mol. The molecule has 4 saturated carbocycles. The van der Waals surface area contributed by atoms with E-state index in [1.165, 1.54) is 0 Å². The Bertz CT molecular complexity index is 586. The molecule has 0 heterocycles. The highest BCUT2D eigenvalue weighted by atomic mass is 16.4. The fourth-order valence-electron chi connectivity index (χ4n) is 7.78. The summed E-state index contributed by atoms with van der Waals surface area (Å²) in [5.74, 6) is 0.573. The topological polar surface area (TPSA) is 74.6 Å². The first-order chi connectivity index (χ1) is 11.3. The number of hydrogen-bond acceptors (Lipinski definition) is 3. The van der Waals surface area contributed by atoms with E-state index in [0.29, 0.717) is 18.3 Å². The maximum absolute atomic E-state index is 12.6. The van der Waals surface area contributed by atoms with E-state index in [1.807, 2.05) is 6.92 Å². The van der Waals surface area contributed by atoms with Crippen molar-refractivity contribution in [2.24, 2.45) is 39.9 Å². The number of fused-ring (bicyclic) bond motifs is 3. The molecule has 134 valence electrons. The van der Waals surface area contributed by atoms with Crippen LogP contribution in [0.3, 0.4) is 0 Å². The Hall–Kier alpha value is -0.900. The maximum atomic E-state index is 12.6. The number of carbonyl (C=O) groups is 2. The second kappa shape index (κ2) is 5.06. The van der Waals surface area contributed by atoms with Crippen molar-refractivity contribution in [3.63, 3.8) is 0 Å². The number of rotatable bonds is 2. The van der Waals surface area contributed by atoms with E-state index in [1.54, 1.807) is 0 Å². The first-order valence-corrected chi connectivity index (χ1v) is 9.64. The van der Waals surface area contributed by atoms with Crippen molar-refractivity contribution in [1.29, 1.82) is 0 Å². The van der Waals surface area contributed by atoms with E-state index in [0.717, 1.165) is 44.9 Å². The van der Waals surface area contributed by atoms with Crippen LogP contribution in [0.15, 0.2) is 0 Å². The van der Waals surface area contributed by atoms with E-state index in [9.17, 15) is 19.8 Å². The predicted octanol–water partition coefficient (Wildman–Crippen LogP) is 3.27. The summed E-state index contributed by atoms with van der Waals surface area (Å²) in [6, 6.07) is 0. The van der Waals surface area contributed by atoms with Crippen LogP contribution in [-0.4, -0.2) is 28.6 Å². The van der Waals surface area contributed by atoms with Gasteiger partial charge < -0.3 is 10.2 Å². The number of carbonyl (C=O) groups excluding carboxylic acids is 1. The monoisotopic (exact) mass is 334 g/mol. The Morgan fingerprint density at radius 3 is 2.54 bits per heavy atom. The standard InChI is InChI=1S/C20H30O4/c1-18-7-6-16(22)19(2,11-21)14(18)5-8-20-9-12(3-4-15(18)20)13(10-20)17(23)24/h12-15,21H,3-11H2,1-2H3,(H,23,24)/t12-,13+,14+,15+,18-,19-,20+/m0/s1. The molecule has 0 aromatic heterocycles. The predicted molar refractivity (Wildman–Crippen MR) is 89.3 cm³/mol. The van der Waals surface area contributed by atoms with Crippen LogP contribution in [0.2, 0.25) is 0 Å². The fourth-order valence-corrected chi connectivity index (χ4v) is 7.78. The molecule has 0 unspecified atom stereocenters. The summed E-state index contributed by atoms with van der Waals surface area (Å²) in [4.78, 5) is 24.3. The van der Waals surface area contributed by atoms with Crippen LogP contribution in [0, 0.1) is 39.9 Å². The van der Waals surface area contributed by atoms with Crippen LogP contribution in [-0.2, 0) is 9.59 Å². The average Bonchev–Trinajstić information content (AvgIpc) is 2.82. The number of Topliss-reactive ketones (excluding diaryl/α,β-unsaturated/α-hetero) is 1. The molecule has 24 heavy (non-hydrogen) atoms. The molecule has 0 amide bonds. The summed E-state index contributed by atoms with van der Waals surface area (Å²) in [5.41, 5.74) is -0.355. The maximum Gasteiger partial charge on any atom is 0.306 e. The third-order valence-corrected chi connectivity index (χ3v) is 8.89. The van der Waals surface area contributed by atoms with Crippen LogP contribution >= 0.6 is 0 Å². The molecule has 4 heteroatoms. The average molecular weight is 334 g/mol. The Labute approximate surface area is 144 Å². The van der Waals surface area contributed by atoms with Crippen LogP contribution in [0.1, 0.15) is 65.2 Å². The largest absolute Gasteiger partial charge is 0.481 e. The SMILES string of the molecule is C[C@]12CCC(=O)[C@@](C)(CO)[C@@H]1CC[C@]13C[C@H](CC[C@@H]12)[C@H](C(=O)O)C3. The van der Waals surface area contributed by atoms with E-state index in [-0.39, 0.29) is 35.1 Å². The molecule has 0 aliphatic heterocycles. The second-order valence-electron chi connectivity index (χ2n) is 9.70. The van der Waals surface area contributed by atoms with Crippen molar-refractivity contribution in [3.8, 4) is 0 Å². The molecule has 1 spiro atoms. The van der Waals surface area contributed by atoms with Crippen molar-refractivity contribution in [2.75, 3.05) is 6.61 Å². The van der Waals surface area contributed by atoms with Crippen molar-refractivity contribution in [1.82, 2.24) is 0 Å². The van der Waals surface area contributed by atoms with Gasteiger partial charge in [-0.2, -0.15) is 0 Å². The summed E-state index contributed by atoms with van der Waals surface area (Å²) in [6.45, 7) is 4.26. The van der Waals surface area contributed by atoms with Gasteiger partial charge in [0.05, 0.1) is 17.9 Å². The Morgan fingerprint density at radius 1 is 1.12 bits per heavy atom. The summed E-state index contributed by atoms with van der Waals surface area (Å²) < 4.78 is 0. The van der Waals surface area contributed by atoms with Gasteiger partial charge in [0.25, 0.3) is 0 Å². The molecule has 2 N–H and O–H groups in total. The lowest BCUT2D eigenvalue weighted by molar-refractivity contribution is -0.173. The first-order valence-electron chi connectivity index (χ1n) is 9.64. The van der Waals surface area contributed by atoms with E-state index in [2.05, 4.69) is 6.92 Å². The second-order valence-corrected chi connectivity index (χ2v) is 9.70. The number of aliphatic carboxylic acids is 1. The summed E-state index contributed by atoms with van der Waals surface area (Å²) in [6.07, 6.45) is 7.54. The molecule has 7 atom stereocenters. The number of hydrogen-bond donors (Lipinski definition) is 2. The number of carboxylic acids is 1. The van der Waals surface area contributed by atoms with Crippen LogP contribution < -0.4 is 0 Å². The van der Waals surface area contributed by atoms with Gasteiger partial charge in [0.15, 0.2) is 0 Å². The molecule has 4 nitrogen and oxygen atoms in total. The van der Waals surface area contributed by atoms with Crippen LogP contribution in [0.25, 0.3) is 0 Å². The number of ketones is 1. The molecule has 0 aromatic carbocycles. The lowest BCUT2D eigenvalue weighted by Crippen LogP contribution is -2.60. The molecule has 0 saturated heterocycles. The molecule has 4 rings (SSSR count). The fraction of sp³-hybridized carbons (Fsp3) is 0.900. The van der Waals surface area contributed by atoms with Gasteiger partial charge in [-0.3, -0.25) is 9.59 Å². The summed E-state index contributed by atoms with van der Waals surface area (Å²) in [7, 11) is 0. The Kier molecular flexibility index (Phi) is 3.49. The minimum absolute atomic E-state index is 0.0494. The van der Waals surface area contributed by atoms with Crippen molar-refractivity contribution in [2.45, 2.75) is 65.2 Å².